The van der Waals surface area contributed by atoms with Crippen molar-refractivity contribution in [2.75, 3.05) is 24.3 Å². The average Bonchev–Trinajstić information content (AvgIpc) is 3.43. The number of carbonyl (C=O) groups excluding carboxylic acids is 1. The van der Waals surface area contributed by atoms with Gasteiger partial charge in [-0.25, -0.2) is 9.67 Å². The standard InChI is InChI=1S/C24H24ClN5O2/c1-29(2)18-9-7-17(8-10-18)16-30-22(13-14-27-30)28-23(31)11-12-24-26-15-21(32-24)19-5-3-4-6-20(19)25/h3-10,13-15H,11-12,16H2,1-2H3,(H,28,31). The molecule has 0 bridgehead atoms. The molecule has 0 saturated carbocycles. The third kappa shape index (κ3) is 5.18. The number of nitrogens with zero attached hydrogens (tertiary/aromatic N) is 4. The van der Waals surface area contributed by atoms with Gasteiger partial charge in [0.2, 0.25) is 5.91 Å². The van der Waals surface area contributed by atoms with Crippen LogP contribution in [-0.2, 0) is 17.8 Å². The lowest BCUT2D eigenvalue weighted by Gasteiger charge is -2.13. The number of hydrogen-bond donors (Lipinski definition) is 1. The molecule has 164 valence electrons. The second kappa shape index (κ2) is 9.70. The Morgan fingerprint density at radius 1 is 1.12 bits per heavy atom. The molecule has 2 aromatic carbocycles. The SMILES string of the molecule is CN(C)c1ccc(Cn2nccc2NC(=O)CCc2ncc(-c3ccccc3Cl)o2)cc1. The maximum atomic E-state index is 12.5. The molecule has 7 nitrogen and oxygen atoms in total. The van der Waals surface area contributed by atoms with Gasteiger partial charge in [-0.2, -0.15) is 5.10 Å². The van der Waals surface area contributed by atoms with Crippen molar-refractivity contribution in [1.29, 1.82) is 0 Å². The molecule has 0 unspecified atom stereocenters. The summed E-state index contributed by atoms with van der Waals surface area (Å²) >= 11 is 6.21. The Balaban J connectivity index is 1.34. The van der Waals surface area contributed by atoms with Gasteiger partial charge in [0.1, 0.15) is 5.82 Å². The summed E-state index contributed by atoms with van der Waals surface area (Å²) in [6.45, 7) is 0.567. The van der Waals surface area contributed by atoms with E-state index in [1.165, 1.54) is 0 Å². The van der Waals surface area contributed by atoms with Gasteiger partial charge >= 0.3 is 0 Å². The lowest BCUT2D eigenvalue weighted by atomic mass is 10.2. The van der Waals surface area contributed by atoms with Crippen LogP contribution in [0.2, 0.25) is 5.02 Å². The van der Waals surface area contributed by atoms with Crippen molar-refractivity contribution in [2.45, 2.75) is 19.4 Å². The van der Waals surface area contributed by atoms with Crippen molar-refractivity contribution in [3.63, 3.8) is 0 Å². The van der Waals surface area contributed by atoms with E-state index in [-0.39, 0.29) is 12.3 Å². The fourth-order valence-corrected chi connectivity index (χ4v) is 3.50. The molecule has 1 amide bonds. The van der Waals surface area contributed by atoms with Crippen LogP contribution in [0.25, 0.3) is 11.3 Å². The molecule has 0 fully saturated rings. The number of anilines is 2. The molecule has 4 rings (SSSR count). The van der Waals surface area contributed by atoms with Gasteiger partial charge in [-0.1, -0.05) is 35.9 Å². The number of aryl methyl sites for hydroxylation is 1. The first-order valence-electron chi connectivity index (χ1n) is 10.3. The fourth-order valence-electron chi connectivity index (χ4n) is 3.27. The zero-order valence-corrected chi connectivity index (χ0v) is 18.7. The molecule has 32 heavy (non-hydrogen) atoms. The Kier molecular flexibility index (Phi) is 6.56. The lowest BCUT2D eigenvalue weighted by Crippen LogP contribution is -2.16. The van der Waals surface area contributed by atoms with Gasteiger partial charge in [0.05, 0.1) is 24.0 Å². The molecule has 1 N–H and O–H groups in total. The second-order valence-corrected chi connectivity index (χ2v) is 7.99. The van der Waals surface area contributed by atoms with Gasteiger partial charge in [-0.3, -0.25) is 4.79 Å². The minimum atomic E-state index is -0.132. The number of oxazole rings is 1. The number of aromatic nitrogens is 3. The monoisotopic (exact) mass is 449 g/mol. The summed E-state index contributed by atoms with van der Waals surface area (Å²) < 4.78 is 7.54. The van der Waals surface area contributed by atoms with Crippen molar-refractivity contribution in [3.8, 4) is 11.3 Å². The van der Waals surface area contributed by atoms with Crippen LogP contribution in [0.4, 0.5) is 11.5 Å². The number of hydrogen-bond acceptors (Lipinski definition) is 5. The third-order valence-corrected chi connectivity index (χ3v) is 5.36. The number of nitrogens with one attached hydrogen (secondary N) is 1. The minimum Gasteiger partial charge on any atom is -0.441 e. The highest BCUT2D eigenvalue weighted by Crippen LogP contribution is 2.28. The molecule has 0 aliphatic carbocycles. The van der Waals surface area contributed by atoms with Gasteiger partial charge in [0.15, 0.2) is 11.7 Å². The van der Waals surface area contributed by atoms with E-state index in [0.717, 1.165) is 16.8 Å². The van der Waals surface area contributed by atoms with E-state index in [4.69, 9.17) is 16.0 Å². The van der Waals surface area contributed by atoms with Crippen LogP contribution in [-0.4, -0.2) is 34.8 Å². The van der Waals surface area contributed by atoms with E-state index >= 15 is 0 Å². The summed E-state index contributed by atoms with van der Waals surface area (Å²) in [5.41, 5.74) is 3.01. The van der Waals surface area contributed by atoms with Crippen molar-refractivity contribution >= 4 is 29.0 Å². The topological polar surface area (TPSA) is 76.2 Å². The molecule has 0 aliphatic heterocycles. The first kappa shape index (κ1) is 21.6. The van der Waals surface area contributed by atoms with Gasteiger partial charge in [-0.05, 0) is 29.8 Å². The minimum absolute atomic E-state index is 0.132. The predicted octanol–water partition coefficient (Wildman–Crippen LogP) is 4.88. The summed E-state index contributed by atoms with van der Waals surface area (Å²) in [7, 11) is 4.01. The Hall–Kier alpha value is -3.58. The molecule has 2 aromatic heterocycles. The van der Waals surface area contributed by atoms with Gasteiger partial charge in [0.25, 0.3) is 0 Å². The molecule has 0 atom stereocenters. The van der Waals surface area contributed by atoms with Crippen LogP contribution >= 0.6 is 11.6 Å². The smallest absolute Gasteiger partial charge is 0.226 e. The Morgan fingerprint density at radius 3 is 2.66 bits per heavy atom. The van der Waals surface area contributed by atoms with Crippen LogP contribution in [0.5, 0.6) is 0 Å². The molecule has 2 heterocycles. The molecule has 0 spiro atoms. The van der Waals surface area contributed by atoms with E-state index in [9.17, 15) is 4.79 Å². The van der Waals surface area contributed by atoms with Gasteiger partial charge in [0, 0.05) is 44.3 Å². The zero-order valence-electron chi connectivity index (χ0n) is 18.0. The first-order valence-corrected chi connectivity index (χ1v) is 10.6. The van der Waals surface area contributed by atoms with E-state index in [1.807, 2.05) is 32.3 Å². The van der Waals surface area contributed by atoms with Gasteiger partial charge < -0.3 is 14.6 Å². The summed E-state index contributed by atoms with van der Waals surface area (Å²) in [4.78, 5) is 18.8. The maximum absolute atomic E-state index is 12.5. The Morgan fingerprint density at radius 2 is 1.91 bits per heavy atom. The average molecular weight is 450 g/mol. The molecular weight excluding hydrogens is 426 g/mol. The van der Waals surface area contributed by atoms with Crippen LogP contribution in [0.3, 0.4) is 0 Å². The summed E-state index contributed by atoms with van der Waals surface area (Å²) in [5, 5.41) is 7.85. The number of carbonyl (C=O) groups is 1. The number of amides is 1. The van der Waals surface area contributed by atoms with Gasteiger partial charge in [-0.15, -0.1) is 0 Å². The highest BCUT2D eigenvalue weighted by Gasteiger charge is 2.13. The molecule has 0 saturated heterocycles. The molecular formula is C24H24ClN5O2. The highest BCUT2D eigenvalue weighted by molar-refractivity contribution is 6.33. The largest absolute Gasteiger partial charge is 0.441 e. The summed E-state index contributed by atoms with van der Waals surface area (Å²) in [6, 6.07) is 17.4. The van der Waals surface area contributed by atoms with Crippen molar-refractivity contribution in [3.05, 3.63) is 83.5 Å². The van der Waals surface area contributed by atoms with E-state index in [1.54, 1.807) is 29.2 Å². The third-order valence-electron chi connectivity index (χ3n) is 5.03. The van der Waals surface area contributed by atoms with Crippen LogP contribution in [0.1, 0.15) is 17.9 Å². The van der Waals surface area contributed by atoms with Crippen LogP contribution < -0.4 is 10.2 Å². The van der Waals surface area contributed by atoms with E-state index in [0.29, 0.717) is 35.5 Å². The molecule has 0 radical (unpaired) electrons. The van der Waals surface area contributed by atoms with Crippen molar-refractivity contribution < 1.29 is 9.21 Å². The zero-order chi connectivity index (χ0) is 22.5. The Labute approximate surface area is 191 Å². The van der Waals surface area contributed by atoms with Crippen molar-refractivity contribution in [1.82, 2.24) is 14.8 Å². The summed E-state index contributed by atoms with van der Waals surface area (Å²) in [6.07, 6.45) is 3.93. The quantitative estimate of drug-likeness (QED) is 0.415. The number of halogens is 1. The van der Waals surface area contributed by atoms with E-state index in [2.05, 4.69) is 44.6 Å². The normalized spacial score (nSPS) is 10.8. The molecule has 8 heteroatoms. The molecule has 4 aromatic rings. The highest BCUT2D eigenvalue weighted by atomic mass is 35.5. The summed E-state index contributed by atoms with van der Waals surface area (Å²) in [5.74, 6) is 1.59. The fraction of sp³-hybridized carbons (Fsp3) is 0.208. The van der Waals surface area contributed by atoms with Crippen molar-refractivity contribution in [2.24, 2.45) is 0 Å². The predicted molar refractivity (Wildman–Crippen MR) is 126 cm³/mol. The second-order valence-electron chi connectivity index (χ2n) is 7.58. The first-order chi connectivity index (χ1) is 15.5. The molecule has 0 aliphatic rings. The van der Waals surface area contributed by atoms with E-state index < -0.39 is 0 Å². The lowest BCUT2D eigenvalue weighted by molar-refractivity contribution is -0.116. The number of benzene rings is 2. The van der Waals surface area contributed by atoms with Crippen LogP contribution in [0, 0.1) is 0 Å². The number of rotatable bonds is 8. The Bertz CT molecular complexity index is 1200. The van der Waals surface area contributed by atoms with Crippen LogP contribution in [0.15, 0.2) is 71.4 Å². The maximum Gasteiger partial charge on any atom is 0.226 e.